The maximum atomic E-state index is 11.2. The highest BCUT2D eigenvalue weighted by atomic mass is 79.9. The Morgan fingerprint density at radius 3 is 2.76 bits per heavy atom. The zero-order valence-electron chi connectivity index (χ0n) is 8.05. The molecule has 1 aromatic carbocycles. The number of rotatable bonds is 2. The maximum Gasteiger partial charge on any atom is 0.320 e. The first-order valence-corrected chi connectivity index (χ1v) is 5.06. The van der Waals surface area contributed by atoms with E-state index in [9.17, 15) is 19.8 Å². The Balaban J connectivity index is 2.82. The molecule has 0 aliphatic heterocycles. The van der Waals surface area contributed by atoms with Crippen LogP contribution in [-0.4, -0.2) is 10.8 Å². The fraction of sp³-hybridized carbons (Fsp3) is 0. The van der Waals surface area contributed by atoms with Gasteiger partial charge < -0.3 is 4.42 Å². The molecular weight excluding hydrogens is 296 g/mol. The summed E-state index contributed by atoms with van der Waals surface area (Å²) in [6.07, 6.45) is 0.980. The lowest BCUT2D eigenvalue weighted by Gasteiger charge is -1.95. The van der Waals surface area contributed by atoms with Crippen LogP contribution in [0.15, 0.2) is 32.5 Å². The van der Waals surface area contributed by atoms with E-state index in [0.717, 1.165) is 6.26 Å². The third kappa shape index (κ3) is 1.82. The number of carbonyl (C=O) groups excluding carboxylic acids is 1. The van der Waals surface area contributed by atoms with E-state index in [1.165, 1.54) is 12.1 Å². The van der Waals surface area contributed by atoms with Gasteiger partial charge in [-0.1, -0.05) is 15.9 Å². The van der Waals surface area contributed by atoms with Crippen LogP contribution in [0.5, 0.6) is 0 Å². The van der Waals surface area contributed by atoms with Gasteiger partial charge in [-0.05, 0) is 6.07 Å². The highest BCUT2D eigenvalue weighted by molar-refractivity contribution is 9.10. The van der Waals surface area contributed by atoms with Crippen molar-refractivity contribution in [3.05, 3.63) is 43.5 Å². The topological polar surface area (TPSA) is 103 Å². The molecule has 0 saturated carbocycles. The molecule has 7 nitrogen and oxygen atoms in total. The standard InChI is InChI=1S/C9H3BrN2O5/c10-4-1-5-6(9(13)11-14)3-17-8(5)7(2-4)12(15)16/h1-3H. The lowest BCUT2D eigenvalue weighted by Crippen LogP contribution is -1.92. The van der Waals surface area contributed by atoms with Crippen molar-refractivity contribution >= 4 is 38.5 Å². The van der Waals surface area contributed by atoms with Gasteiger partial charge in [0.15, 0.2) is 0 Å². The predicted octanol–water partition coefficient (Wildman–Crippen LogP) is 3.01. The van der Waals surface area contributed by atoms with Crippen LogP contribution in [0.3, 0.4) is 0 Å². The van der Waals surface area contributed by atoms with Crippen LogP contribution in [0, 0.1) is 15.0 Å². The summed E-state index contributed by atoms with van der Waals surface area (Å²) >= 11 is 3.08. The van der Waals surface area contributed by atoms with E-state index in [4.69, 9.17) is 4.42 Å². The summed E-state index contributed by atoms with van der Waals surface area (Å²) in [4.78, 5) is 31.5. The van der Waals surface area contributed by atoms with Gasteiger partial charge >= 0.3 is 11.6 Å². The van der Waals surface area contributed by atoms with E-state index in [1.807, 2.05) is 0 Å². The Kier molecular flexibility index (Phi) is 2.72. The van der Waals surface area contributed by atoms with Crippen molar-refractivity contribution in [3.63, 3.8) is 0 Å². The molecular formula is C9H3BrN2O5. The molecule has 2 aromatic rings. The first-order chi connectivity index (χ1) is 8.04. The summed E-state index contributed by atoms with van der Waals surface area (Å²) in [6.45, 7) is 0. The number of halogens is 1. The molecule has 0 bridgehead atoms. The second kappa shape index (κ2) is 4.06. The molecule has 0 spiro atoms. The van der Waals surface area contributed by atoms with Gasteiger partial charge in [-0.3, -0.25) is 14.9 Å². The number of nitroso groups, excluding NO2 is 1. The monoisotopic (exact) mass is 298 g/mol. The number of fused-ring (bicyclic) bond motifs is 1. The summed E-state index contributed by atoms with van der Waals surface area (Å²) in [5.41, 5.74) is -0.455. The first kappa shape index (κ1) is 11.4. The largest absolute Gasteiger partial charge is 0.456 e. The number of nitro benzene ring substituents is 1. The SMILES string of the molecule is O=NC(=O)c1coc2c([N+](=O)[O-])cc(Br)cc12. The summed E-state index contributed by atoms with van der Waals surface area (Å²) in [5, 5.41) is 13.2. The molecule has 8 heteroatoms. The van der Waals surface area contributed by atoms with Crippen LogP contribution < -0.4 is 0 Å². The summed E-state index contributed by atoms with van der Waals surface area (Å²) < 4.78 is 5.34. The van der Waals surface area contributed by atoms with E-state index >= 15 is 0 Å². The minimum absolute atomic E-state index is 0.0646. The number of benzene rings is 1. The molecule has 0 radical (unpaired) electrons. The van der Waals surface area contributed by atoms with Gasteiger partial charge in [0.25, 0.3) is 0 Å². The zero-order chi connectivity index (χ0) is 12.6. The molecule has 0 N–H and O–H groups in total. The number of hydrogen-bond donors (Lipinski definition) is 0. The first-order valence-electron chi connectivity index (χ1n) is 4.27. The average molecular weight is 299 g/mol. The lowest BCUT2D eigenvalue weighted by atomic mass is 10.1. The molecule has 1 heterocycles. The fourth-order valence-electron chi connectivity index (χ4n) is 1.43. The average Bonchev–Trinajstić information content (AvgIpc) is 2.70. The van der Waals surface area contributed by atoms with Crippen LogP contribution in [0.2, 0.25) is 0 Å². The van der Waals surface area contributed by atoms with Crippen molar-refractivity contribution in [2.75, 3.05) is 0 Å². The van der Waals surface area contributed by atoms with E-state index in [2.05, 4.69) is 21.1 Å². The van der Waals surface area contributed by atoms with E-state index in [-0.39, 0.29) is 22.2 Å². The van der Waals surface area contributed by atoms with Gasteiger partial charge in [0.05, 0.1) is 10.5 Å². The Morgan fingerprint density at radius 1 is 1.47 bits per heavy atom. The van der Waals surface area contributed by atoms with E-state index < -0.39 is 10.8 Å². The summed E-state index contributed by atoms with van der Waals surface area (Å²) in [6, 6.07) is 2.69. The second-order valence-electron chi connectivity index (χ2n) is 3.10. The van der Waals surface area contributed by atoms with Crippen LogP contribution in [0.25, 0.3) is 11.0 Å². The highest BCUT2D eigenvalue weighted by Gasteiger charge is 2.22. The van der Waals surface area contributed by atoms with Crippen molar-refractivity contribution in [1.29, 1.82) is 0 Å². The molecule has 0 fully saturated rings. The number of hydrogen-bond acceptors (Lipinski definition) is 5. The van der Waals surface area contributed by atoms with Gasteiger partial charge in [0, 0.05) is 21.1 Å². The van der Waals surface area contributed by atoms with Gasteiger partial charge in [0.1, 0.15) is 6.26 Å². The minimum atomic E-state index is -1.03. The Morgan fingerprint density at radius 2 is 2.18 bits per heavy atom. The van der Waals surface area contributed by atoms with Crippen LogP contribution in [0.1, 0.15) is 10.4 Å². The van der Waals surface area contributed by atoms with Gasteiger partial charge in [-0.2, -0.15) is 0 Å². The molecule has 86 valence electrons. The van der Waals surface area contributed by atoms with Crippen LogP contribution >= 0.6 is 15.9 Å². The Hall–Kier alpha value is -2.09. The van der Waals surface area contributed by atoms with Crippen molar-refractivity contribution in [1.82, 2.24) is 0 Å². The maximum absolute atomic E-state index is 11.2. The zero-order valence-corrected chi connectivity index (χ0v) is 9.63. The second-order valence-corrected chi connectivity index (χ2v) is 4.02. The number of nitro groups is 1. The molecule has 2 rings (SSSR count). The molecule has 17 heavy (non-hydrogen) atoms. The normalized spacial score (nSPS) is 10.4. The molecule has 1 aromatic heterocycles. The fourth-order valence-corrected chi connectivity index (χ4v) is 1.88. The molecule has 0 aliphatic carbocycles. The lowest BCUT2D eigenvalue weighted by molar-refractivity contribution is -0.383. The van der Waals surface area contributed by atoms with Crippen LogP contribution in [-0.2, 0) is 0 Å². The van der Waals surface area contributed by atoms with Crippen LogP contribution in [0.4, 0.5) is 5.69 Å². The Bertz CT molecular complexity index is 648. The highest BCUT2D eigenvalue weighted by Crippen LogP contribution is 2.33. The molecule has 0 saturated heterocycles. The third-order valence-corrected chi connectivity index (χ3v) is 2.59. The molecule has 0 unspecified atom stereocenters. The smallest absolute Gasteiger partial charge is 0.320 e. The van der Waals surface area contributed by atoms with Crippen molar-refractivity contribution in [2.45, 2.75) is 0 Å². The number of furan rings is 1. The molecule has 1 amide bonds. The quantitative estimate of drug-likeness (QED) is 0.481. The molecule has 0 atom stereocenters. The van der Waals surface area contributed by atoms with Gasteiger partial charge in [-0.15, -0.1) is 4.91 Å². The van der Waals surface area contributed by atoms with E-state index in [0.29, 0.717) is 4.47 Å². The number of amides is 1. The predicted molar refractivity (Wildman–Crippen MR) is 60.7 cm³/mol. The minimum Gasteiger partial charge on any atom is -0.456 e. The van der Waals surface area contributed by atoms with Gasteiger partial charge in [0.2, 0.25) is 5.58 Å². The van der Waals surface area contributed by atoms with Crippen molar-refractivity contribution in [2.24, 2.45) is 5.18 Å². The summed E-state index contributed by atoms with van der Waals surface area (Å²) in [5.74, 6) is -1.03. The molecule has 0 aliphatic rings. The van der Waals surface area contributed by atoms with Crippen molar-refractivity contribution in [3.8, 4) is 0 Å². The Labute approximate surface area is 102 Å². The van der Waals surface area contributed by atoms with Crippen molar-refractivity contribution < 1.29 is 14.1 Å². The number of non-ortho nitro benzene ring substituents is 1. The number of carbonyl (C=O) groups is 1. The summed E-state index contributed by atoms with van der Waals surface area (Å²) in [7, 11) is 0. The number of nitrogens with zero attached hydrogens (tertiary/aromatic N) is 2. The van der Waals surface area contributed by atoms with Gasteiger partial charge in [-0.25, -0.2) is 0 Å². The van der Waals surface area contributed by atoms with E-state index in [1.54, 1.807) is 0 Å². The third-order valence-electron chi connectivity index (χ3n) is 2.13.